The van der Waals surface area contributed by atoms with Crippen molar-refractivity contribution in [1.82, 2.24) is 10.2 Å². The molecule has 1 aliphatic carbocycles. The van der Waals surface area contributed by atoms with E-state index in [0.29, 0.717) is 5.75 Å². The van der Waals surface area contributed by atoms with E-state index < -0.39 is 28.5 Å². The van der Waals surface area contributed by atoms with Crippen molar-refractivity contribution in [2.24, 2.45) is 0 Å². The van der Waals surface area contributed by atoms with Crippen LogP contribution in [0, 0.1) is 0 Å². The average Bonchev–Trinajstić information content (AvgIpc) is 3.06. The van der Waals surface area contributed by atoms with Crippen LogP contribution in [0.3, 0.4) is 0 Å². The molecule has 1 saturated carbocycles. The summed E-state index contributed by atoms with van der Waals surface area (Å²) in [4.78, 5) is 29.0. The lowest BCUT2D eigenvalue weighted by Crippen LogP contribution is -2.53. The van der Waals surface area contributed by atoms with Gasteiger partial charge < -0.3 is 24.4 Å². The number of carbonyl (C=O) groups is 2. The average molecular weight is 658 g/mol. The van der Waals surface area contributed by atoms with Gasteiger partial charge in [-0.25, -0.2) is 8.42 Å². The molecule has 0 aromatic heterocycles. The smallest absolute Gasteiger partial charge is 0.265 e. The molecule has 45 heavy (non-hydrogen) atoms. The van der Waals surface area contributed by atoms with E-state index >= 15 is 0 Å². The van der Waals surface area contributed by atoms with Gasteiger partial charge in [-0.05, 0) is 55.7 Å². The molecule has 1 unspecified atom stereocenters. The van der Waals surface area contributed by atoms with E-state index in [9.17, 15) is 18.0 Å². The summed E-state index contributed by atoms with van der Waals surface area (Å²) in [6.07, 6.45) is 4.98. The number of carbonyl (C=O) groups excluding carboxylic acids is 2. The molecule has 3 aromatic rings. The van der Waals surface area contributed by atoms with Crippen molar-refractivity contribution in [3.8, 4) is 17.2 Å². The van der Waals surface area contributed by atoms with Crippen LogP contribution >= 0.6 is 11.6 Å². The number of hydrogen-bond acceptors (Lipinski definition) is 7. The molecule has 12 heteroatoms. The summed E-state index contributed by atoms with van der Waals surface area (Å²) in [5.74, 6) is -0.154. The summed E-state index contributed by atoms with van der Waals surface area (Å²) in [6, 6.07) is 17.1. The van der Waals surface area contributed by atoms with Crippen molar-refractivity contribution >= 4 is 39.1 Å². The molecule has 1 N–H and O–H groups in total. The number of hydrogen-bond donors (Lipinski definition) is 1. The summed E-state index contributed by atoms with van der Waals surface area (Å²) in [7, 11) is -0.177. The Bertz CT molecular complexity index is 1580. The normalized spacial score (nSPS) is 14.2. The van der Waals surface area contributed by atoms with Gasteiger partial charge in [-0.15, -0.1) is 0 Å². The largest absolute Gasteiger partial charge is 0.495 e. The van der Waals surface area contributed by atoms with Crippen LogP contribution in [0.1, 0.15) is 44.6 Å². The van der Waals surface area contributed by atoms with E-state index in [1.807, 2.05) is 30.3 Å². The number of ether oxygens (including phenoxy) is 3. The zero-order chi connectivity index (χ0) is 32.6. The summed E-state index contributed by atoms with van der Waals surface area (Å²) in [5, 5.41) is 3.34. The van der Waals surface area contributed by atoms with Gasteiger partial charge in [0.2, 0.25) is 11.8 Å². The van der Waals surface area contributed by atoms with Gasteiger partial charge in [-0.1, -0.05) is 61.2 Å². The monoisotopic (exact) mass is 657 g/mol. The number of sulfonamides is 1. The third kappa shape index (κ3) is 8.20. The van der Waals surface area contributed by atoms with Crippen molar-refractivity contribution in [2.45, 2.75) is 62.6 Å². The molecular weight excluding hydrogens is 618 g/mol. The van der Waals surface area contributed by atoms with Gasteiger partial charge in [0.15, 0.2) is 11.5 Å². The first-order valence-corrected chi connectivity index (χ1v) is 16.6. The molecule has 0 heterocycles. The molecule has 3 aromatic carbocycles. The predicted molar refractivity (Wildman–Crippen MR) is 174 cm³/mol. The molecule has 1 aliphatic rings. The van der Waals surface area contributed by atoms with E-state index in [2.05, 4.69) is 5.32 Å². The van der Waals surface area contributed by atoms with Gasteiger partial charge in [-0.3, -0.25) is 13.9 Å². The summed E-state index contributed by atoms with van der Waals surface area (Å²) in [5.41, 5.74) is 0.852. The Morgan fingerprint density at radius 1 is 0.889 bits per heavy atom. The van der Waals surface area contributed by atoms with Crippen LogP contribution in [0.4, 0.5) is 5.69 Å². The number of amides is 2. The molecular formula is C33H40ClN3O7S. The highest BCUT2D eigenvalue weighted by molar-refractivity contribution is 7.92. The van der Waals surface area contributed by atoms with Crippen molar-refractivity contribution in [3.63, 3.8) is 0 Å². The molecule has 1 atom stereocenters. The summed E-state index contributed by atoms with van der Waals surface area (Å²) in [6.45, 7) is 1.11. The SMILES string of the molecule is COc1ccc(S(=O)(=O)N(CC(=O)N(Cc2ccccc2)C(C)C(=O)NC2CCCCC2)c2cc(Cl)ccc2OC)cc1OC. The number of halogens is 1. The van der Waals surface area contributed by atoms with Crippen molar-refractivity contribution in [1.29, 1.82) is 0 Å². The van der Waals surface area contributed by atoms with Crippen LogP contribution in [-0.2, 0) is 26.2 Å². The standard InChI is InChI=1S/C33H40ClN3O7S/c1-23(33(39)35-26-13-9-6-10-14-26)36(21-24-11-7-5-8-12-24)32(38)22-37(28-19-25(34)15-17-29(28)42-2)45(40,41)27-16-18-30(43-3)31(20-27)44-4/h5,7-8,11-12,15-20,23,26H,6,9-10,13-14,21-22H2,1-4H3,(H,35,39). The number of methoxy groups -OCH3 is 3. The van der Waals surface area contributed by atoms with Gasteiger partial charge in [0.05, 0.1) is 31.9 Å². The minimum Gasteiger partial charge on any atom is -0.495 e. The molecule has 0 radical (unpaired) electrons. The lowest BCUT2D eigenvalue weighted by atomic mass is 9.95. The molecule has 0 spiro atoms. The lowest BCUT2D eigenvalue weighted by Gasteiger charge is -2.33. The molecule has 4 rings (SSSR count). The Labute approximate surface area is 270 Å². The van der Waals surface area contributed by atoms with E-state index in [1.54, 1.807) is 13.0 Å². The number of rotatable bonds is 13. The van der Waals surface area contributed by atoms with Crippen LogP contribution in [0.25, 0.3) is 0 Å². The summed E-state index contributed by atoms with van der Waals surface area (Å²) < 4.78 is 45.8. The zero-order valence-corrected chi connectivity index (χ0v) is 27.6. The predicted octanol–water partition coefficient (Wildman–Crippen LogP) is 5.43. The first-order chi connectivity index (χ1) is 21.6. The summed E-state index contributed by atoms with van der Waals surface area (Å²) >= 11 is 6.33. The van der Waals surface area contributed by atoms with Gasteiger partial charge in [0, 0.05) is 23.7 Å². The van der Waals surface area contributed by atoms with E-state index in [-0.39, 0.29) is 45.6 Å². The number of nitrogens with one attached hydrogen (secondary N) is 1. The van der Waals surface area contributed by atoms with Gasteiger partial charge in [0.1, 0.15) is 18.3 Å². The molecule has 2 amide bonds. The zero-order valence-electron chi connectivity index (χ0n) is 26.0. The van der Waals surface area contributed by atoms with Gasteiger partial charge >= 0.3 is 0 Å². The number of benzene rings is 3. The van der Waals surface area contributed by atoms with Crippen LogP contribution in [-0.4, -0.2) is 65.1 Å². The van der Waals surface area contributed by atoms with E-state index in [1.165, 1.54) is 56.6 Å². The molecule has 0 aliphatic heterocycles. The quantitative estimate of drug-likeness (QED) is 0.261. The minimum atomic E-state index is -4.42. The minimum absolute atomic E-state index is 0.0417. The Morgan fingerprint density at radius 3 is 2.18 bits per heavy atom. The lowest BCUT2D eigenvalue weighted by molar-refractivity contribution is -0.139. The van der Waals surface area contributed by atoms with Crippen LogP contribution in [0.5, 0.6) is 17.2 Å². The second kappa shape index (κ2) is 15.4. The third-order valence-electron chi connectivity index (χ3n) is 7.95. The number of anilines is 1. The molecule has 10 nitrogen and oxygen atoms in total. The Morgan fingerprint density at radius 2 is 1.53 bits per heavy atom. The Balaban J connectivity index is 1.75. The second-order valence-corrected chi connectivity index (χ2v) is 13.2. The Kier molecular flexibility index (Phi) is 11.6. The van der Waals surface area contributed by atoms with Crippen molar-refractivity contribution in [3.05, 3.63) is 77.3 Å². The fourth-order valence-electron chi connectivity index (χ4n) is 5.41. The fourth-order valence-corrected chi connectivity index (χ4v) is 7.01. The number of nitrogens with zero attached hydrogens (tertiary/aromatic N) is 2. The van der Waals surface area contributed by atoms with Crippen LogP contribution in [0.2, 0.25) is 5.02 Å². The molecule has 1 fully saturated rings. The molecule has 0 bridgehead atoms. The Hall–Kier alpha value is -3.96. The van der Waals surface area contributed by atoms with Crippen LogP contribution in [0.15, 0.2) is 71.6 Å². The topological polar surface area (TPSA) is 114 Å². The van der Waals surface area contributed by atoms with Crippen molar-refractivity contribution in [2.75, 3.05) is 32.2 Å². The maximum absolute atomic E-state index is 14.3. The van der Waals surface area contributed by atoms with E-state index in [0.717, 1.165) is 42.0 Å². The third-order valence-corrected chi connectivity index (χ3v) is 9.94. The van der Waals surface area contributed by atoms with E-state index in [4.69, 9.17) is 25.8 Å². The maximum Gasteiger partial charge on any atom is 0.265 e. The molecule has 242 valence electrons. The highest BCUT2D eigenvalue weighted by atomic mass is 35.5. The highest BCUT2D eigenvalue weighted by Crippen LogP contribution is 2.37. The van der Waals surface area contributed by atoms with Gasteiger partial charge in [-0.2, -0.15) is 0 Å². The first-order valence-electron chi connectivity index (χ1n) is 14.8. The van der Waals surface area contributed by atoms with Gasteiger partial charge in [0.25, 0.3) is 10.0 Å². The highest BCUT2D eigenvalue weighted by Gasteiger charge is 2.35. The second-order valence-electron chi connectivity index (χ2n) is 10.9. The molecule has 0 saturated heterocycles. The van der Waals surface area contributed by atoms with Crippen molar-refractivity contribution < 1.29 is 32.2 Å². The maximum atomic E-state index is 14.3. The fraction of sp³-hybridized carbons (Fsp3) is 0.394. The van der Waals surface area contributed by atoms with Crippen LogP contribution < -0.4 is 23.8 Å². The first kappa shape index (κ1) is 33.9.